The molecular formula is C13H15ClFNO2. The molecule has 1 heterocycles. The number of halogens is 2. The van der Waals surface area contributed by atoms with Crippen LogP contribution in [0, 0.1) is 11.7 Å². The molecule has 98 valence electrons. The highest BCUT2D eigenvalue weighted by Gasteiger charge is 2.35. The summed E-state index contributed by atoms with van der Waals surface area (Å²) >= 11 is 5.96. The minimum atomic E-state index is -0.409. The van der Waals surface area contributed by atoms with Gasteiger partial charge in [0.05, 0.1) is 12.6 Å². The average Bonchev–Trinajstić information content (AvgIpc) is 2.66. The van der Waals surface area contributed by atoms with Gasteiger partial charge in [0.25, 0.3) is 0 Å². The molecule has 1 aromatic carbocycles. The summed E-state index contributed by atoms with van der Waals surface area (Å²) in [5.74, 6) is -0.147. The van der Waals surface area contributed by atoms with Gasteiger partial charge < -0.3 is 4.74 Å². The molecule has 1 aliphatic rings. The predicted octanol–water partition coefficient (Wildman–Crippen LogP) is 3.46. The van der Waals surface area contributed by atoms with Crippen molar-refractivity contribution in [2.24, 2.45) is 5.92 Å². The van der Waals surface area contributed by atoms with Gasteiger partial charge in [0, 0.05) is 10.6 Å². The van der Waals surface area contributed by atoms with E-state index in [1.54, 1.807) is 12.1 Å². The van der Waals surface area contributed by atoms with Crippen LogP contribution in [0.15, 0.2) is 18.2 Å². The minimum absolute atomic E-state index is 0.0341. The maximum Gasteiger partial charge on any atom is 0.410 e. The molecule has 2 rings (SSSR count). The Morgan fingerprint density at radius 3 is 2.89 bits per heavy atom. The molecule has 1 atom stereocenters. The molecule has 5 heteroatoms. The summed E-state index contributed by atoms with van der Waals surface area (Å²) in [6.07, 6.45) is -0.409. The highest BCUT2D eigenvalue weighted by Crippen LogP contribution is 2.26. The van der Waals surface area contributed by atoms with Crippen LogP contribution in [0.3, 0.4) is 0 Å². The lowest BCUT2D eigenvalue weighted by Crippen LogP contribution is -2.36. The van der Waals surface area contributed by atoms with Crippen molar-refractivity contribution >= 4 is 17.7 Å². The Morgan fingerprint density at radius 1 is 1.56 bits per heavy atom. The summed E-state index contributed by atoms with van der Waals surface area (Å²) in [6, 6.07) is 4.47. The Morgan fingerprint density at radius 2 is 2.28 bits per heavy atom. The number of carbonyl (C=O) groups excluding carboxylic acids is 1. The van der Waals surface area contributed by atoms with Gasteiger partial charge in [-0.25, -0.2) is 9.18 Å². The Labute approximate surface area is 110 Å². The average molecular weight is 272 g/mol. The molecule has 0 saturated carbocycles. The lowest BCUT2D eigenvalue weighted by Gasteiger charge is -2.24. The first-order valence-electron chi connectivity index (χ1n) is 5.87. The number of rotatable bonds is 3. The number of hydrogen-bond donors (Lipinski definition) is 0. The Kier molecular flexibility index (Phi) is 3.76. The van der Waals surface area contributed by atoms with Crippen LogP contribution in [0.4, 0.5) is 9.18 Å². The number of carbonyl (C=O) groups is 1. The molecule has 1 amide bonds. The Balaban J connectivity index is 2.24. The summed E-state index contributed by atoms with van der Waals surface area (Å²) in [5, 5.41) is 0.331. The summed E-state index contributed by atoms with van der Waals surface area (Å²) < 4.78 is 18.7. The molecule has 0 spiro atoms. The Bertz CT molecular complexity index is 444. The summed E-state index contributed by atoms with van der Waals surface area (Å²) in [5.41, 5.74) is 0.337. The fourth-order valence-corrected chi connectivity index (χ4v) is 2.28. The molecule has 1 aliphatic heterocycles. The van der Waals surface area contributed by atoms with Crippen LogP contribution in [-0.2, 0) is 11.3 Å². The quantitative estimate of drug-likeness (QED) is 0.843. The summed E-state index contributed by atoms with van der Waals surface area (Å²) in [6.45, 7) is 4.50. The zero-order valence-electron chi connectivity index (χ0n) is 10.3. The van der Waals surface area contributed by atoms with E-state index in [1.165, 1.54) is 11.0 Å². The maximum absolute atomic E-state index is 13.7. The van der Waals surface area contributed by atoms with Crippen molar-refractivity contribution in [3.63, 3.8) is 0 Å². The molecule has 1 saturated heterocycles. The predicted molar refractivity (Wildman–Crippen MR) is 66.9 cm³/mol. The number of hydrogen-bond acceptors (Lipinski definition) is 2. The molecule has 0 unspecified atom stereocenters. The van der Waals surface area contributed by atoms with Gasteiger partial charge in [-0.05, 0) is 18.1 Å². The van der Waals surface area contributed by atoms with Crippen molar-refractivity contribution in [2.75, 3.05) is 6.61 Å². The van der Waals surface area contributed by atoms with Gasteiger partial charge in [0.2, 0.25) is 0 Å². The highest BCUT2D eigenvalue weighted by atomic mass is 35.5. The van der Waals surface area contributed by atoms with Gasteiger partial charge in [-0.1, -0.05) is 31.5 Å². The van der Waals surface area contributed by atoms with Crippen LogP contribution in [0.5, 0.6) is 0 Å². The first-order valence-corrected chi connectivity index (χ1v) is 6.24. The Hall–Kier alpha value is -1.29. The molecule has 0 bridgehead atoms. The summed E-state index contributed by atoms with van der Waals surface area (Å²) in [7, 11) is 0. The lowest BCUT2D eigenvalue weighted by atomic mass is 10.0. The van der Waals surface area contributed by atoms with Gasteiger partial charge in [-0.15, -0.1) is 0 Å². The number of amides is 1. The number of benzene rings is 1. The van der Waals surface area contributed by atoms with Gasteiger partial charge >= 0.3 is 6.09 Å². The van der Waals surface area contributed by atoms with E-state index in [1.807, 2.05) is 13.8 Å². The molecular weight excluding hydrogens is 257 g/mol. The fraction of sp³-hybridized carbons (Fsp3) is 0.462. The van der Waals surface area contributed by atoms with E-state index in [-0.39, 0.29) is 18.5 Å². The van der Waals surface area contributed by atoms with Crippen LogP contribution in [0.25, 0.3) is 0 Å². The SMILES string of the molecule is CC(C)[C@H]1COC(=O)N1Cc1c(F)cccc1Cl. The second kappa shape index (κ2) is 5.14. The van der Waals surface area contributed by atoms with E-state index in [4.69, 9.17) is 16.3 Å². The van der Waals surface area contributed by atoms with E-state index in [2.05, 4.69) is 0 Å². The van der Waals surface area contributed by atoms with E-state index in [0.29, 0.717) is 17.2 Å². The molecule has 0 N–H and O–H groups in total. The third-order valence-electron chi connectivity index (χ3n) is 3.17. The first kappa shape index (κ1) is 13.1. The zero-order chi connectivity index (χ0) is 13.3. The van der Waals surface area contributed by atoms with Gasteiger partial charge in [0.1, 0.15) is 12.4 Å². The molecule has 1 fully saturated rings. The van der Waals surface area contributed by atoms with E-state index >= 15 is 0 Å². The minimum Gasteiger partial charge on any atom is -0.447 e. The standard InChI is InChI=1S/C13H15ClFNO2/c1-8(2)12-7-18-13(17)16(12)6-9-10(14)4-3-5-11(9)15/h3-5,8,12H,6-7H2,1-2H3/t12-/m1/s1. The van der Waals surface area contributed by atoms with E-state index in [0.717, 1.165) is 0 Å². The lowest BCUT2D eigenvalue weighted by molar-refractivity contribution is 0.154. The number of nitrogens with zero attached hydrogens (tertiary/aromatic N) is 1. The number of cyclic esters (lactones) is 1. The molecule has 0 aromatic heterocycles. The third kappa shape index (κ3) is 2.43. The van der Waals surface area contributed by atoms with Crippen molar-refractivity contribution in [3.05, 3.63) is 34.6 Å². The van der Waals surface area contributed by atoms with E-state index in [9.17, 15) is 9.18 Å². The topological polar surface area (TPSA) is 29.5 Å². The van der Waals surface area contributed by atoms with Gasteiger partial charge in [0.15, 0.2) is 0 Å². The van der Waals surface area contributed by atoms with Gasteiger partial charge in [-0.2, -0.15) is 0 Å². The van der Waals surface area contributed by atoms with Crippen molar-refractivity contribution in [1.82, 2.24) is 4.90 Å². The highest BCUT2D eigenvalue weighted by molar-refractivity contribution is 6.31. The van der Waals surface area contributed by atoms with Crippen LogP contribution in [0.2, 0.25) is 5.02 Å². The van der Waals surface area contributed by atoms with Crippen molar-refractivity contribution in [1.29, 1.82) is 0 Å². The van der Waals surface area contributed by atoms with Crippen LogP contribution in [0.1, 0.15) is 19.4 Å². The monoisotopic (exact) mass is 271 g/mol. The molecule has 3 nitrogen and oxygen atoms in total. The van der Waals surface area contributed by atoms with Crippen LogP contribution < -0.4 is 0 Å². The largest absolute Gasteiger partial charge is 0.447 e. The van der Waals surface area contributed by atoms with Crippen LogP contribution in [-0.4, -0.2) is 23.6 Å². The second-order valence-electron chi connectivity index (χ2n) is 4.72. The fourth-order valence-electron chi connectivity index (χ4n) is 2.05. The maximum atomic E-state index is 13.7. The zero-order valence-corrected chi connectivity index (χ0v) is 11.1. The molecule has 1 aromatic rings. The normalized spacial score (nSPS) is 19.5. The molecule has 0 radical (unpaired) electrons. The number of ether oxygens (including phenoxy) is 1. The van der Waals surface area contributed by atoms with Crippen molar-refractivity contribution in [3.8, 4) is 0 Å². The van der Waals surface area contributed by atoms with Crippen molar-refractivity contribution in [2.45, 2.75) is 26.4 Å². The summed E-state index contributed by atoms with van der Waals surface area (Å²) in [4.78, 5) is 13.2. The van der Waals surface area contributed by atoms with Crippen LogP contribution >= 0.6 is 11.6 Å². The molecule has 18 heavy (non-hydrogen) atoms. The van der Waals surface area contributed by atoms with Gasteiger partial charge in [-0.3, -0.25) is 4.90 Å². The van der Waals surface area contributed by atoms with E-state index < -0.39 is 11.9 Å². The van der Waals surface area contributed by atoms with Crippen molar-refractivity contribution < 1.29 is 13.9 Å². The first-order chi connectivity index (χ1) is 8.50. The second-order valence-corrected chi connectivity index (χ2v) is 5.12. The smallest absolute Gasteiger partial charge is 0.410 e. The third-order valence-corrected chi connectivity index (χ3v) is 3.53. The molecule has 0 aliphatic carbocycles.